The fourth-order valence-corrected chi connectivity index (χ4v) is 2.11. The molecule has 1 aromatic rings. The van der Waals surface area contributed by atoms with Gasteiger partial charge in [0, 0.05) is 31.6 Å². The molecule has 0 amide bonds. The molecule has 1 N–H and O–H groups in total. The maximum atomic E-state index is 11.4. The van der Waals surface area contributed by atoms with Crippen molar-refractivity contribution < 1.29 is 14.3 Å². The number of anilines is 1. The molecular formula is C14H20N2O3. The van der Waals surface area contributed by atoms with Crippen LogP contribution in [0.4, 0.5) is 5.69 Å². The molecule has 19 heavy (non-hydrogen) atoms. The summed E-state index contributed by atoms with van der Waals surface area (Å²) in [7, 11) is 1.35. The SMILES string of the molecule is COC(=O)c1cc(NCC2(C)CCOCC2)ccn1. The molecule has 1 aliphatic rings. The summed E-state index contributed by atoms with van der Waals surface area (Å²) in [5.74, 6) is -0.416. The largest absolute Gasteiger partial charge is 0.464 e. The molecule has 5 nitrogen and oxygen atoms in total. The molecule has 1 fully saturated rings. The van der Waals surface area contributed by atoms with Crippen molar-refractivity contribution >= 4 is 11.7 Å². The number of methoxy groups -OCH3 is 1. The molecule has 2 rings (SSSR count). The average Bonchev–Trinajstić information content (AvgIpc) is 2.45. The van der Waals surface area contributed by atoms with Gasteiger partial charge in [-0.3, -0.25) is 0 Å². The number of ether oxygens (including phenoxy) is 2. The van der Waals surface area contributed by atoms with Gasteiger partial charge in [-0.05, 0) is 30.4 Å². The molecule has 104 valence electrons. The highest BCUT2D eigenvalue weighted by molar-refractivity contribution is 5.88. The highest BCUT2D eigenvalue weighted by Gasteiger charge is 2.27. The molecule has 0 unspecified atom stereocenters. The van der Waals surface area contributed by atoms with E-state index in [4.69, 9.17) is 4.74 Å². The third-order valence-corrected chi connectivity index (χ3v) is 3.57. The van der Waals surface area contributed by atoms with Crippen LogP contribution < -0.4 is 5.32 Å². The van der Waals surface area contributed by atoms with E-state index in [-0.39, 0.29) is 5.41 Å². The second-order valence-corrected chi connectivity index (χ2v) is 5.20. The fraction of sp³-hybridized carbons (Fsp3) is 0.571. The Morgan fingerprint density at radius 3 is 2.95 bits per heavy atom. The predicted molar refractivity (Wildman–Crippen MR) is 72.2 cm³/mol. The van der Waals surface area contributed by atoms with E-state index < -0.39 is 5.97 Å². The smallest absolute Gasteiger partial charge is 0.356 e. The maximum absolute atomic E-state index is 11.4. The highest BCUT2D eigenvalue weighted by atomic mass is 16.5. The summed E-state index contributed by atoms with van der Waals surface area (Å²) in [6.45, 7) is 4.76. The number of carbonyl (C=O) groups is 1. The number of esters is 1. The van der Waals surface area contributed by atoms with Crippen molar-refractivity contribution in [1.82, 2.24) is 4.98 Å². The zero-order valence-corrected chi connectivity index (χ0v) is 11.4. The quantitative estimate of drug-likeness (QED) is 0.844. The van der Waals surface area contributed by atoms with Crippen LogP contribution in [0.15, 0.2) is 18.3 Å². The third kappa shape index (κ3) is 3.67. The molecule has 1 aliphatic heterocycles. The first-order valence-electron chi connectivity index (χ1n) is 6.49. The van der Waals surface area contributed by atoms with Crippen molar-refractivity contribution in [1.29, 1.82) is 0 Å². The van der Waals surface area contributed by atoms with Crippen molar-refractivity contribution in [2.45, 2.75) is 19.8 Å². The zero-order valence-electron chi connectivity index (χ0n) is 11.4. The second-order valence-electron chi connectivity index (χ2n) is 5.20. The number of aromatic nitrogens is 1. The first-order chi connectivity index (χ1) is 9.13. The first-order valence-corrected chi connectivity index (χ1v) is 6.49. The van der Waals surface area contributed by atoms with Crippen LogP contribution in [-0.2, 0) is 9.47 Å². The first kappa shape index (κ1) is 13.8. The number of nitrogens with zero attached hydrogens (tertiary/aromatic N) is 1. The van der Waals surface area contributed by atoms with Crippen LogP contribution in [0.3, 0.4) is 0 Å². The Morgan fingerprint density at radius 2 is 2.26 bits per heavy atom. The minimum absolute atomic E-state index is 0.243. The van der Waals surface area contributed by atoms with Crippen LogP contribution in [0.2, 0.25) is 0 Å². The van der Waals surface area contributed by atoms with Crippen LogP contribution in [0.25, 0.3) is 0 Å². The molecule has 0 aliphatic carbocycles. The number of hydrogen-bond acceptors (Lipinski definition) is 5. The lowest BCUT2D eigenvalue weighted by molar-refractivity contribution is 0.0300. The Morgan fingerprint density at radius 1 is 1.53 bits per heavy atom. The van der Waals surface area contributed by atoms with E-state index in [0.717, 1.165) is 38.3 Å². The van der Waals surface area contributed by atoms with Crippen molar-refractivity contribution in [2.24, 2.45) is 5.41 Å². The van der Waals surface area contributed by atoms with Crippen LogP contribution in [0, 0.1) is 5.41 Å². The molecule has 1 saturated heterocycles. The summed E-state index contributed by atoms with van der Waals surface area (Å²) in [5.41, 5.74) is 1.46. The standard InChI is InChI=1S/C14H20N2O3/c1-14(4-7-19-8-5-14)10-16-11-3-6-15-12(9-11)13(17)18-2/h3,6,9H,4-5,7-8,10H2,1-2H3,(H,15,16). The van der Waals surface area contributed by atoms with E-state index in [9.17, 15) is 4.79 Å². The van der Waals surface area contributed by atoms with E-state index in [2.05, 4.69) is 22.0 Å². The van der Waals surface area contributed by atoms with Gasteiger partial charge in [0.25, 0.3) is 0 Å². The van der Waals surface area contributed by atoms with E-state index in [1.165, 1.54) is 7.11 Å². The van der Waals surface area contributed by atoms with Crippen LogP contribution in [0.1, 0.15) is 30.3 Å². The Hall–Kier alpha value is -1.62. The normalized spacial score (nSPS) is 17.8. The van der Waals surface area contributed by atoms with Gasteiger partial charge in [0.2, 0.25) is 0 Å². The lowest BCUT2D eigenvalue weighted by atomic mass is 9.82. The molecule has 0 spiro atoms. The zero-order chi connectivity index (χ0) is 13.7. The maximum Gasteiger partial charge on any atom is 0.356 e. The van der Waals surface area contributed by atoms with E-state index in [1.807, 2.05) is 6.07 Å². The van der Waals surface area contributed by atoms with Gasteiger partial charge in [0.1, 0.15) is 5.69 Å². The van der Waals surface area contributed by atoms with Crippen LogP contribution >= 0.6 is 0 Å². The van der Waals surface area contributed by atoms with Crippen LogP contribution in [-0.4, -0.2) is 37.8 Å². The molecule has 0 saturated carbocycles. The lowest BCUT2D eigenvalue weighted by Crippen LogP contribution is -2.33. The minimum Gasteiger partial charge on any atom is -0.464 e. The third-order valence-electron chi connectivity index (χ3n) is 3.57. The lowest BCUT2D eigenvalue weighted by Gasteiger charge is -2.33. The number of rotatable bonds is 4. The minimum atomic E-state index is -0.416. The van der Waals surface area contributed by atoms with Gasteiger partial charge < -0.3 is 14.8 Å². The van der Waals surface area contributed by atoms with Gasteiger partial charge in [-0.1, -0.05) is 6.92 Å². The summed E-state index contributed by atoms with van der Waals surface area (Å²) < 4.78 is 10.0. The Balaban J connectivity index is 1.97. The molecule has 0 atom stereocenters. The van der Waals surface area contributed by atoms with E-state index in [0.29, 0.717) is 5.69 Å². The van der Waals surface area contributed by atoms with Crippen molar-refractivity contribution in [3.8, 4) is 0 Å². The van der Waals surface area contributed by atoms with Gasteiger partial charge in [0.15, 0.2) is 0 Å². The summed E-state index contributed by atoms with van der Waals surface area (Å²) >= 11 is 0. The van der Waals surface area contributed by atoms with E-state index >= 15 is 0 Å². The van der Waals surface area contributed by atoms with Crippen molar-refractivity contribution in [3.63, 3.8) is 0 Å². The topological polar surface area (TPSA) is 60.5 Å². The van der Waals surface area contributed by atoms with Crippen molar-refractivity contribution in [3.05, 3.63) is 24.0 Å². The van der Waals surface area contributed by atoms with Gasteiger partial charge in [-0.25, -0.2) is 9.78 Å². The van der Waals surface area contributed by atoms with Crippen molar-refractivity contribution in [2.75, 3.05) is 32.2 Å². The predicted octanol–water partition coefficient (Wildman–Crippen LogP) is 2.10. The Bertz CT molecular complexity index is 442. The van der Waals surface area contributed by atoms with Gasteiger partial charge >= 0.3 is 5.97 Å². The van der Waals surface area contributed by atoms with Gasteiger partial charge in [-0.2, -0.15) is 0 Å². The van der Waals surface area contributed by atoms with E-state index in [1.54, 1.807) is 12.3 Å². The Kier molecular flexibility index (Phi) is 4.37. The van der Waals surface area contributed by atoms with Gasteiger partial charge in [-0.15, -0.1) is 0 Å². The summed E-state index contributed by atoms with van der Waals surface area (Å²) in [6, 6.07) is 3.57. The van der Waals surface area contributed by atoms with Gasteiger partial charge in [0.05, 0.1) is 7.11 Å². The Labute approximate surface area is 113 Å². The molecule has 1 aromatic heterocycles. The fourth-order valence-electron chi connectivity index (χ4n) is 2.11. The monoisotopic (exact) mass is 264 g/mol. The summed E-state index contributed by atoms with van der Waals surface area (Å²) in [4.78, 5) is 15.4. The number of pyridine rings is 1. The highest BCUT2D eigenvalue weighted by Crippen LogP contribution is 2.29. The summed E-state index contributed by atoms with van der Waals surface area (Å²) in [5, 5.41) is 3.37. The molecule has 0 aromatic carbocycles. The summed E-state index contributed by atoms with van der Waals surface area (Å²) in [6.07, 6.45) is 3.71. The molecule has 0 bridgehead atoms. The molecule has 0 radical (unpaired) electrons. The van der Waals surface area contributed by atoms with Crippen LogP contribution in [0.5, 0.6) is 0 Å². The average molecular weight is 264 g/mol. The molecular weight excluding hydrogens is 244 g/mol. The molecule has 2 heterocycles. The number of hydrogen-bond donors (Lipinski definition) is 1. The molecule has 5 heteroatoms. The number of nitrogens with one attached hydrogen (secondary N) is 1. The number of carbonyl (C=O) groups excluding carboxylic acids is 1. The second kappa shape index (κ2) is 6.02.